The van der Waals surface area contributed by atoms with E-state index in [4.69, 9.17) is 0 Å². The number of amides is 4. The molecule has 3 rings (SSSR count). The second-order valence-electron chi connectivity index (χ2n) is 8.10. The molecule has 7 nitrogen and oxygen atoms in total. The van der Waals surface area contributed by atoms with Crippen LogP contribution in [0.3, 0.4) is 0 Å². The Morgan fingerprint density at radius 2 is 1.12 bits per heavy atom. The Kier molecular flexibility index (Phi) is 4.90. The summed E-state index contributed by atoms with van der Waals surface area (Å²) in [6.45, 7) is 3.04. The molecule has 1 saturated heterocycles. The molecule has 140 valence electrons. The lowest BCUT2D eigenvalue weighted by Gasteiger charge is -2.49. The fourth-order valence-electron chi connectivity index (χ4n) is 4.35. The molecule has 1 heterocycles. The molecule has 4 amide bonds. The van der Waals surface area contributed by atoms with Gasteiger partial charge in [0.1, 0.15) is 5.41 Å². The highest BCUT2D eigenvalue weighted by Crippen LogP contribution is 2.37. The average molecular weight is 352 g/mol. The van der Waals surface area contributed by atoms with E-state index in [2.05, 4.69) is 0 Å². The molecule has 3 fully saturated rings. The van der Waals surface area contributed by atoms with Crippen LogP contribution in [0.5, 0.6) is 0 Å². The van der Waals surface area contributed by atoms with Crippen LogP contribution in [-0.2, 0) is 9.59 Å². The van der Waals surface area contributed by atoms with Crippen LogP contribution in [0.2, 0.25) is 0 Å². The van der Waals surface area contributed by atoms with Crippen molar-refractivity contribution in [3.63, 3.8) is 0 Å². The predicted molar refractivity (Wildman–Crippen MR) is 89.4 cm³/mol. The maximum Gasteiger partial charge on any atom is 0.334 e. The van der Waals surface area contributed by atoms with Crippen LogP contribution in [0.15, 0.2) is 0 Å². The van der Waals surface area contributed by atoms with Crippen LogP contribution in [-0.4, -0.2) is 62.1 Å². The lowest BCUT2D eigenvalue weighted by atomic mass is 9.82. The van der Waals surface area contributed by atoms with E-state index in [1.165, 1.54) is 13.8 Å². The molecule has 0 aromatic carbocycles. The molecular formula is C18H28N2O5. The first-order chi connectivity index (χ1) is 11.8. The van der Waals surface area contributed by atoms with Gasteiger partial charge in [-0.2, -0.15) is 0 Å². The maximum atomic E-state index is 13.1. The topological polar surface area (TPSA) is 98.2 Å². The molecule has 0 spiro atoms. The van der Waals surface area contributed by atoms with Gasteiger partial charge in [0, 0.05) is 0 Å². The number of aliphatic hydroxyl groups is 2. The number of hydrogen-bond acceptors (Lipinski definition) is 5. The van der Waals surface area contributed by atoms with Gasteiger partial charge in [-0.1, -0.05) is 25.7 Å². The number of barbiturate groups is 1. The van der Waals surface area contributed by atoms with Gasteiger partial charge in [0.15, 0.2) is 0 Å². The monoisotopic (exact) mass is 352 g/mol. The van der Waals surface area contributed by atoms with E-state index < -0.39 is 47.6 Å². The molecular weight excluding hydrogens is 324 g/mol. The third-order valence-corrected chi connectivity index (χ3v) is 5.97. The smallest absolute Gasteiger partial charge is 0.334 e. The number of nitrogens with zero attached hydrogens (tertiary/aromatic N) is 2. The van der Waals surface area contributed by atoms with Gasteiger partial charge in [0.25, 0.3) is 0 Å². The maximum absolute atomic E-state index is 13.1. The highest BCUT2D eigenvalue weighted by atomic mass is 16.3. The van der Waals surface area contributed by atoms with Gasteiger partial charge < -0.3 is 10.2 Å². The van der Waals surface area contributed by atoms with Crippen molar-refractivity contribution >= 4 is 17.8 Å². The standard InChI is InChI=1S/C18H28N2O5/c1-18(2)15(23)19(11-7-3-5-9-13(11)21)17(25)20(16(18)24)12-8-4-6-10-14(12)22/h11-14,21-22H,3-10H2,1-2H3. The molecule has 25 heavy (non-hydrogen) atoms. The highest BCUT2D eigenvalue weighted by Gasteiger charge is 2.56. The van der Waals surface area contributed by atoms with Crippen LogP contribution < -0.4 is 0 Å². The number of urea groups is 1. The number of aliphatic hydroxyl groups excluding tert-OH is 2. The summed E-state index contributed by atoms with van der Waals surface area (Å²) in [6, 6.07) is -1.86. The first-order valence-electron chi connectivity index (χ1n) is 9.34. The number of imide groups is 2. The molecule has 4 atom stereocenters. The van der Waals surface area contributed by atoms with Crippen molar-refractivity contribution in [3.8, 4) is 0 Å². The minimum absolute atomic E-state index is 0.544. The molecule has 7 heteroatoms. The van der Waals surface area contributed by atoms with Crippen molar-refractivity contribution in [1.82, 2.24) is 9.80 Å². The number of rotatable bonds is 2. The van der Waals surface area contributed by atoms with Crippen molar-refractivity contribution in [2.24, 2.45) is 5.41 Å². The van der Waals surface area contributed by atoms with Gasteiger partial charge in [0.2, 0.25) is 11.8 Å². The summed E-state index contributed by atoms with van der Waals surface area (Å²) in [5.74, 6) is -1.09. The minimum atomic E-state index is -1.37. The van der Waals surface area contributed by atoms with Gasteiger partial charge in [0.05, 0.1) is 24.3 Å². The van der Waals surface area contributed by atoms with E-state index in [1.807, 2.05) is 0 Å². The van der Waals surface area contributed by atoms with Crippen molar-refractivity contribution in [2.45, 2.75) is 89.5 Å². The predicted octanol–water partition coefficient (Wildman–Crippen LogP) is 1.41. The normalized spacial score (nSPS) is 36.7. The lowest BCUT2D eigenvalue weighted by Crippen LogP contribution is -2.70. The van der Waals surface area contributed by atoms with Crippen LogP contribution in [0.25, 0.3) is 0 Å². The Hall–Kier alpha value is -1.47. The number of hydrogen-bond donors (Lipinski definition) is 2. The summed E-state index contributed by atoms with van der Waals surface area (Å²) >= 11 is 0. The summed E-state index contributed by atoms with van der Waals surface area (Å²) < 4.78 is 0. The lowest BCUT2D eigenvalue weighted by molar-refractivity contribution is -0.164. The number of carbonyl (C=O) groups is 3. The van der Waals surface area contributed by atoms with Crippen LogP contribution >= 0.6 is 0 Å². The highest BCUT2D eigenvalue weighted by molar-refractivity contribution is 6.19. The van der Waals surface area contributed by atoms with Gasteiger partial charge in [-0.05, 0) is 39.5 Å². The van der Waals surface area contributed by atoms with E-state index in [0.29, 0.717) is 25.7 Å². The summed E-state index contributed by atoms with van der Waals surface area (Å²) in [4.78, 5) is 41.1. The summed E-state index contributed by atoms with van der Waals surface area (Å²) in [7, 11) is 0. The van der Waals surface area contributed by atoms with Gasteiger partial charge >= 0.3 is 6.03 Å². The Morgan fingerprint density at radius 3 is 1.48 bits per heavy atom. The van der Waals surface area contributed by atoms with Crippen molar-refractivity contribution in [3.05, 3.63) is 0 Å². The molecule has 4 unspecified atom stereocenters. The average Bonchev–Trinajstić information content (AvgIpc) is 2.57. The van der Waals surface area contributed by atoms with Crippen molar-refractivity contribution in [1.29, 1.82) is 0 Å². The molecule has 0 aromatic rings. The Bertz CT molecular complexity index is 530. The SMILES string of the molecule is CC1(C)C(=O)N(C2CCCCC2O)C(=O)N(C2CCCCC2O)C1=O. The Morgan fingerprint density at radius 1 is 0.760 bits per heavy atom. The molecule has 0 radical (unpaired) electrons. The van der Waals surface area contributed by atoms with Crippen LogP contribution in [0.4, 0.5) is 4.79 Å². The van der Waals surface area contributed by atoms with Gasteiger partial charge in [-0.15, -0.1) is 0 Å². The fourth-order valence-corrected chi connectivity index (χ4v) is 4.35. The second kappa shape index (κ2) is 6.68. The first-order valence-corrected chi connectivity index (χ1v) is 9.34. The third-order valence-electron chi connectivity index (χ3n) is 5.97. The van der Waals surface area contributed by atoms with Crippen molar-refractivity contribution in [2.75, 3.05) is 0 Å². The summed E-state index contributed by atoms with van der Waals surface area (Å²) in [5, 5.41) is 20.7. The van der Waals surface area contributed by atoms with E-state index in [-0.39, 0.29) is 0 Å². The van der Waals surface area contributed by atoms with Gasteiger partial charge in [-0.3, -0.25) is 19.4 Å². The van der Waals surface area contributed by atoms with E-state index in [1.54, 1.807) is 0 Å². The molecule has 2 aliphatic carbocycles. The molecule has 2 saturated carbocycles. The quantitative estimate of drug-likeness (QED) is 0.732. The fraction of sp³-hybridized carbons (Fsp3) is 0.833. The van der Waals surface area contributed by atoms with E-state index in [9.17, 15) is 24.6 Å². The molecule has 2 N–H and O–H groups in total. The van der Waals surface area contributed by atoms with Crippen molar-refractivity contribution < 1.29 is 24.6 Å². The summed E-state index contributed by atoms with van der Waals surface area (Å²) in [6.07, 6.45) is 4.05. The molecule has 0 bridgehead atoms. The Balaban J connectivity index is 1.97. The second-order valence-corrected chi connectivity index (χ2v) is 8.10. The van der Waals surface area contributed by atoms with Gasteiger partial charge in [-0.25, -0.2) is 4.79 Å². The molecule has 3 aliphatic rings. The number of carbonyl (C=O) groups excluding carboxylic acids is 3. The minimum Gasteiger partial charge on any atom is -0.391 e. The first kappa shape index (κ1) is 18.3. The largest absolute Gasteiger partial charge is 0.391 e. The molecule has 0 aromatic heterocycles. The zero-order chi connectivity index (χ0) is 18.4. The third kappa shape index (κ3) is 2.97. The van der Waals surface area contributed by atoms with E-state index >= 15 is 0 Å². The molecule has 1 aliphatic heterocycles. The van der Waals surface area contributed by atoms with E-state index in [0.717, 1.165) is 35.5 Å². The Labute approximate surface area is 148 Å². The zero-order valence-electron chi connectivity index (χ0n) is 15.0. The summed E-state index contributed by atoms with van der Waals surface area (Å²) in [5.41, 5.74) is -1.37. The zero-order valence-corrected chi connectivity index (χ0v) is 15.0. The van der Waals surface area contributed by atoms with Crippen LogP contribution in [0.1, 0.15) is 65.2 Å². The van der Waals surface area contributed by atoms with Crippen LogP contribution in [0, 0.1) is 5.41 Å².